The van der Waals surface area contributed by atoms with Crippen molar-refractivity contribution in [1.29, 1.82) is 0 Å². The number of Topliss-reactive ketones (excluding diaryl/α,β-unsaturated/α-hetero) is 1. The van der Waals surface area contributed by atoms with Crippen molar-refractivity contribution in [1.82, 2.24) is 0 Å². The number of methoxy groups -OCH3 is 1. The Hall–Kier alpha value is -0.610. The third-order valence-electron chi connectivity index (χ3n) is 2.73. The summed E-state index contributed by atoms with van der Waals surface area (Å²) in [4.78, 5) is 22.2. The molecule has 5 heteroatoms. The Morgan fingerprint density at radius 2 is 1.74 bits per heavy atom. The summed E-state index contributed by atoms with van der Waals surface area (Å²) in [6.45, 7) is 2.66. The quantitative estimate of drug-likeness (QED) is 0.315. The Kier molecular flexibility index (Phi) is 12.0. The Morgan fingerprint density at radius 1 is 1.05 bits per heavy atom. The summed E-state index contributed by atoms with van der Waals surface area (Å²) in [6, 6.07) is 0. The number of ether oxygens (including phenoxy) is 2. The minimum absolute atomic E-state index is 0.203. The van der Waals surface area contributed by atoms with Gasteiger partial charge in [0, 0.05) is 20.1 Å². The van der Waals surface area contributed by atoms with Gasteiger partial charge in [0.05, 0.1) is 6.61 Å². The summed E-state index contributed by atoms with van der Waals surface area (Å²) in [5.41, 5.74) is 0. The molecule has 0 aliphatic rings. The molecule has 19 heavy (non-hydrogen) atoms. The highest BCUT2D eigenvalue weighted by Crippen LogP contribution is 2.10. The van der Waals surface area contributed by atoms with Crippen LogP contribution in [0.1, 0.15) is 51.9 Å². The molecule has 1 atom stereocenters. The standard InChI is InChI=1S/C14H25ClO4/c1-12(16)8-4-3-6-11-19-14(17)13(15)9-5-7-10-18-2/h13H,3-11H2,1-2H3. The molecule has 0 aliphatic heterocycles. The first-order valence-electron chi connectivity index (χ1n) is 6.87. The number of carbonyl (C=O) groups is 2. The van der Waals surface area contributed by atoms with Crippen LogP contribution in [0.5, 0.6) is 0 Å². The molecular weight excluding hydrogens is 268 g/mol. The minimum Gasteiger partial charge on any atom is -0.465 e. The maximum Gasteiger partial charge on any atom is 0.324 e. The van der Waals surface area contributed by atoms with Crippen molar-refractivity contribution in [2.24, 2.45) is 0 Å². The van der Waals surface area contributed by atoms with E-state index in [1.807, 2.05) is 0 Å². The fraction of sp³-hybridized carbons (Fsp3) is 0.857. The molecule has 0 rings (SSSR count). The lowest BCUT2D eigenvalue weighted by Crippen LogP contribution is -2.18. The zero-order valence-electron chi connectivity index (χ0n) is 12.0. The Morgan fingerprint density at radius 3 is 2.37 bits per heavy atom. The predicted molar refractivity (Wildman–Crippen MR) is 75.5 cm³/mol. The second-order valence-corrected chi connectivity index (χ2v) is 5.16. The normalized spacial score (nSPS) is 12.2. The van der Waals surface area contributed by atoms with Crippen molar-refractivity contribution in [3.63, 3.8) is 0 Å². The first kappa shape index (κ1) is 18.4. The van der Waals surface area contributed by atoms with Crippen molar-refractivity contribution in [2.45, 2.75) is 57.2 Å². The van der Waals surface area contributed by atoms with Crippen LogP contribution in [0.2, 0.25) is 0 Å². The van der Waals surface area contributed by atoms with Crippen LogP contribution in [0.3, 0.4) is 0 Å². The molecule has 112 valence electrons. The molecule has 0 saturated heterocycles. The summed E-state index contributed by atoms with van der Waals surface area (Å²) in [5.74, 6) is -0.139. The Balaban J connectivity index is 3.43. The zero-order chi connectivity index (χ0) is 14.5. The van der Waals surface area contributed by atoms with Crippen molar-refractivity contribution in [3.05, 3.63) is 0 Å². The lowest BCUT2D eigenvalue weighted by Gasteiger charge is -2.09. The Labute approximate surface area is 120 Å². The Bertz CT molecular complexity index is 256. The molecule has 0 fully saturated rings. The molecule has 0 amide bonds. The van der Waals surface area contributed by atoms with Crippen LogP contribution in [0.4, 0.5) is 0 Å². The third-order valence-corrected chi connectivity index (χ3v) is 3.13. The van der Waals surface area contributed by atoms with Gasteiger partial charge in [-0.05, 0) is 45.4 Å². The molecule has 0 aromatic heterocycles. The van der Waals surface area contributed by atoms with Gasteiger partial charge in [-0.25, -0.2) is 0 Å². The van der Waals surface area contributed by atoms with Crippen molar-refractivity contribution in [3.8, 4) is 0 Å². The van der Waals surface area contributed by atoms with E-state index < -0.39 is 5.38 Å². The fourth-order valence-electron chi connectivity index (χ4n) is 1.60. The minimum atomic E-state index is -0.561. The van der Waals surface area contributed by atoms with Crippen LogP contribution in [-0.4, -0.2) is 37.5 Å². The van der Waals surface area contributed by atoms with E-state index in [1.54, 1.807) is 14.0 Å². The number of hydrogen-bond acceptors (Lipinski definition) is 4. The zero-order valence-corrected chi connectivity index (χ0v) is 12.7. The molecule has 0 aromatic rings. The molecule has 0 aliphatic carbocycles. The number of alkyl halides is 1. The number of unbranched alkanes of at least 4 members (excludes halogenated alkanes) is 3. The first-order chi connectivity index (χ1) is 9.07. The van der Waals surface area contributed by atoms with E-state index in [2.05, 4.69) is 0 Å². The summed E-state index contributed by atoms with van der Waals surface area (Å²) in [7, 11) is 1.65. The maximum atomic E-state index is 11.5. The topological polar surface area (TPSA) is 52.6 Å². The van der Waals surface area contributed by atoms with Crippen LogP contribution >= 0.6 is 11.6 Å². The first-order valence-corrected chi connectivity index (χ1v) is 7.30. The van der Waals surface area contributed by atoms with Gasteiger partial charge < -0.3 is 14.3 Å². The number of ketones is 1. The molecule has 0 spiro atoms. The van der Waals surface area contributed by atoms with Gasteiger partial charge in [-0.2, -0.15) is 0 Å². The van der Waals surface area contributed by atoms with Crippen molar-refractivity contribution in [2.75, 3.05) is 20.3 Å². The molecule has 0 aromatic carbocycles. The van der Waals surface area contributed by atoms with E-state index in [9.17, 15) is 9.59 Å². The largest absolute Gasteiger partial charge is 0.465 e. The molecule has 0 heterocycles. The molecule has 1 unspecified atom stereocenters. The van der Waals surface area contributed by atoms with Gasteiger partial charge in [-0.3, -0.25) is 4.79 Å². The van der Waals surface area contributed by atoms with Gasteiger partial charge in [-0.15, -0.1) is 11.6 Å². The van der Waals surface area contributed by atoms with Gasteiger partial charge in [0.1, 0.15) is 11.2 Å². The molecule has 0 radical (unpaired) electrons. The second kappa shape index (κ2) is 12.4. The molecule has 0 saturated carbocycles. The lowest BCUT2D eigenvalue weighted by atomic mass is 10.1. The third kappa shape index (κ3) is 12.2. The van der Waals surface area contributed by atoms with E-state index in [0.29, 0.717) is 26.1 Å². The van der Waals surface area contributed by atoms with E-state index in [1.165, 1.54) is 0 Å². The maximum absolute atomic E-state index is 11.5. The van der Waals surface area contributed by atoms with E-state index in [4.69, 9.17) is 21.1 Å². The molecule has 0 N–H and O–H groups in total. The summed E-state index contributed by atoms with van der Waals surface area (Å²) < 4.78 is 10.0. The van der Waals surface area contributed by atoms with E-state index >= 15 is 0 Å². The van der Waals surface area contributed by atoms with Crippen LogP contribution in [-0.2, 0) is 19.1 Å². The van der Waals surface area contributed by atoms with Gasteiger partial charge in [-0.1, -0.05) is 0 Å². The molecule has 4 nitrogen and oxygen atoms in total. The number of esters is 1. The predicted octanol–water partition coefficient (Wildman–Crippen LogP) is 3.10. The van der Waals surface area contributed by atoms with Crippen LogP contribution in [0.25, 0.3) is 0 Å². The van der Waals surface area contributed by atoms with Gasteiger partial charge in [0.25, 0.3) is 0 Å². The highest BCUT2D eigenvalue weighted by atomic mass is 35.5. The molecular formula is C14H25ClO4. The molecule has 0 bridgehead atoms. The summed E-state index contributed by atoms with van der Waals surface area (Å²) in [5, 5.41) is -0.561. The lowest BCUT2D eigenvalue weighted by molar-refractivity contribution is -0.143. The number of halogens is 1. The van der Waals surface area contributed by atoms with Gasteiger partial charge in [0.2, 0.25) is 0 Å². The van der Waals surface area contributed by atoms with Crippen LogP contribution in [0.15, 0.2) is 0 Å². The number of carbonyl (C=O) groups excluding carboxylic acids is 2. The van der Waals surface area contributed by atoms with E-state index in [-0.39, 0.29) is 11.8 Å². The second-order valence-electron chi connectivity index (χ2n) is 4.64. The highest BCUT2D eigenvalue weighted by Gasteiger charge is 2.15. The van der Waals surface area contributed by atoms with Crippen LogP contribution < -0.4 is 0 Å². The van der Waals surface area contributed by atoms with Crippen molar-refractivity contribution >= 4 is 23.4 Å². The summed E-state index contributed by atoms with van der Waals surface area (Å²) in [6.07, 6.45) is 5.52. The number of hydrogen-bond donors (Lipinski definition) is 0. The van der Waals surface area contributed by atoms with Crippen LogP contribution in [0, 0.1) is 0 Å². The van der Waals surface area contributed by atoms with E-state index in [0.717, 1.165) is 32.1 Å². The fourth-order valence-corrected chi connectivity index (χ4v) is 1.82. The number of rotatable bonds is 12. The highest BCUT2D eigenvalue weighted by molar-refractivity contribution is 6.29. The summed E-state index contributed by atoms with van der Waals surface area (Å²) >= 11 is 5.93. The smallest absolute Gasteiger partial charge is 0.324 e. The van der Waals surface area contributed by atoms with Gasteiger partial charge in [0.15, 0.2) is 0 Å². The SMILES string of the molecule is COCCCCC(Cl)C(=O)OCCCCCC(C)=O. The average Bonchev–Trinajstić information content (AvgIpc) is 2.37. The monoisotopic (exact) mass is 292 g/mol. The van der Waals surface area contributed by atoms with Crippen molar-refractivity contribution < 1.29 is 19.1 Å². The van der Waals surface area contributed by atoms with Gasteiger partial charge >= 0.3 is 5.97 Å². The average molecular weight is 293 g/mol.